The van der Waals surface area contributed by atoms with E-state index >= 15 is 0 Å². The van der Waals surface area contributed by atoms with Crippen molar-refractivity contribution >= 4 is 18.8 Å². The summed E-state index contributed by atoms with van der Waals surface area (Å²) in [5.41, 5.74) is 1.49. The van der Waals surface area contributed by atoms with Crippen LogP contribution in [0.3, 0.4) is 0 Å². The molecule has 0 atom stereocenters. The summed E-state index contributed by atoms with van der Waals surface area (Å²) in [6.45, 7) is 6.16. The van der Waals surface area contributed by atoms with Gasteiger partial charge in [0.15, 0.2) is 0 Å². The lowest BCUT2D eigenvalue weighted by atomic mass is 10.3. The molecule has 1 aromatic heterocycles. The van der Waals surface area contributed by atoms with Gasteiger partial charge in [0.25, 0.3) is 0 Å². The maximum Gasteiger partial charge on any atom is 0.123 e. The predicted molar refractivity (Wildman–Crippen MR) is 80.1 cm³/mol. The van der Waals surface area contributed by atoms with Crippen LogP contribution in [0, 0.1) is 11.2 Å². The average Bonchev–Trinajstić information content (AvgIpc) is 2.76. The zero-order chi connectivity index (χ0) is 14.5. The number of rotatable bonds is 2. The number of halogens is 1. The Balaban J connectivity index is 0.000000312. The largest absolute Gasteiger partial charge is 0.308 e. The van der Waals surface area contributed by atoms with Crippen molar-refractivity contribution < 1.29 is 4.39 Å². The van der Waals surface area contributed by atoms with Crippen LogP contribution in [0.15, 0.2) is 36.7 Å². The van der Waals surface area contributed by atoms with E-state index in [1.807, 2.05) is 0 Å². The van der Waals surface area contributed by atoms with E-state index in [-0.39, 0.29) is 10.6 Å². The molecule has 0 unspecified atom stereocenters. The fourth-order valence-corrected chi connectivity index (χ4v) is 1.15. The molecule has 0 aliphatic heterocycles. The maximum absolute atomic E-state index is 12.6. The molecule has 0 saturated carbocycles. The van der Waals surface area contributed by atoms with Crippen LogP contribution in [0.25, 0.3) is 5.69 Å². The molecule has 0 amide bonds. The average molecular weight is 279 g/mol. The van der Waals surface area contributed by atoms with E-state index in [1.54, 1.807) is 29.2 Å². The maximum atomic E-state index is 12.6. The SMILES string of the molecule is CC(C)(C)S.N=Cc1cnn(-c2ccc(F)cc2)c1. The molecule has 1 heterocycles. The van der Waals surface area contributed by atoms with Crippen LogP contribution in [-0.4, -0.2) is 20.7 Å². The molecule has 1 N–H and O–H groups in total. The second kappa shape index (κ2) is 6.52. The summed E-state index contributed by atoms with van der Waals surface area (Å²) < 4.78 is 14.4. The highest BCUT2D eigenvalue weighted by Crippen LogP contribution is 2.08. The minimum Gasteiger partial charge on any atom is -0.308 e. The summed E-state index contributed by atoms with van der Waals surface area (Å²) in [7, 11) is 0. The Morgan fingerprint density at radius 2 is 1.79 bits per heavy atom. The third kappa shape index (κ3) is 6.20. The van der Waals surface area contributed by atoms with E-state index in [2.05, 4.69) is 38.5 Å². The molecule has 0 spiro atoms. The highest BCUT2D eigenvalue weighted by atomic mass is 32.1. The van der Waals surface area contributed by atoms with E-state index in [4.69, 9.17) is 5.41 Å². The molecular formula is C14H18FN3S. The molecule has 0 aliphatic rings. The number of benzene rings is 1. The first-order valence-corrected chi connectivity index (χ1v) is 6.28. The summed E-state index contributed by atoms with van der Waals surface area (Å²) in [6, 6.07) is 6.02. The first kappa shape index (κ1) is 15.4. The summed E-state index contributed by atoms with van der Waals surface area (Å²) in [5, 5.41) is 11.0. The van der Waals surface area contributed by atoms with E-state index in [0.717, 1.165) is 5.69 Å². The molecule has 2 rings (SSSR count). The van der Waals surface area contributed by atoms with Crippen LogP contribution in [0.1, 0.15) is 26.3 Å². The van der Waals surface area contributed by atoms with Gasteiger partial charge in [0.05, 0.1) is 11.9 Å². The van der Waals surface area contributed by atoms with Gasteiger partial charge in [-0.05, 0) is 24.3 Å². The lowest BCUT2D eigenvalue weighted by Gasteiger charge is -2.04. The summed E-state index contributed by atoms with van der Waals surface area (Å²) in [6.07, 6.45) is 4.50. The topological polar surface area (TPSA) is 41.7 Å². The molecule has 1 aromatic carbocycles. The standard InChI is InChI=1S/C10H8FN3.C4H10S/c11-9-1-3-10(4-2-9)14-7-8(5-12)6-13-14;1-4(2,3)5/h1-7,12H;5H,1-3H3. The molecule has 0 radical (unpaired) electrons. The Morgan fingerprint density at radius 3 is 2.21 bits per heavy atom. The molecule has 5 heteroatoms. The van der Waals surface area contributed by atoms with Crippen molar-refractivity contribution in [2.45, 2.75) is 25.5 Å². The summed E-state index contributed by atoms with van der Waals surface area (Å²) in [5.74, 6) is -0.270. The van der Waals surface area contributed by atoms with Crippen molar-refractivity contribution in [3.8, 4) is 5.69 Å². The van der Waals surface area contributed by atoms with Crippen LogP contribution in [-0.2, 0) is 0 Å². The van der Waals surface area contributed by atoms with Gasteiger partial charge in [-0.1, -0.05) is 20.8 Å². The third-order valence-corrected chi connectivity index (χ3v) is 1.86. The second-order valence-corrected chi connectivity index (χ2v) is 6.35. The normalized spacial score (nSPS) is 10.6. The Hall–Kier alpha value is -1.62. The highest BCUT2D eigenvalue weighted by Gasteiger charge is 1.98. The van der Waals surface area contributed by atoms with E-state index in [0.29, 0.717) is 5.56 Å². The van der Waals surface area contributed by atoms with Gasteiger partial charge < -0.3 is 5.41 Å². The van der Waals surface area contributed by atoms with Crippen LogP contribution >= 0.6 is 12.6 Å². The minimum atomic E-state index is -0.270. The Labute approximate surface area is 118 Å². The van der Waals surface area contributed by atoms with Crippen LogP contribution in [0.5, 0.6) is 0 Å². The van der Waals surface area contributed by atoms with Crippen molar-refractivity contribution in [2.24, 2.45) is 0 Å². The monoisotopic (exact) mass is 279 g/mol. The van der Waals surface area contributed by atoms with Gasteiger partial charge in [-0.2, -0.15) is 17.7 Å². The lowest BCUT2D eigenvalue weighted by molar-refractivity contribution is 0.627. The quantitative estimate of drug-likeness (QED) is 0.638. The number of hydrogen-bond acceptors (Lipinski definition) is 3. The van der Waals surface area contributed by atoms with Crippen molar-refractivity contribution in [2.75, 3.05) is 0 Å². The summed E-state index contributed by atoms with van der Waals surface area (Å²) in [4.78, 5) is 0. The molecule has 0 bridgehead atoms. The molecule has 2 aromatic rings. The second-order valence-electron chi connectivity index (χ2n) is 5.01. The first-order chi connectivity index (χ1) is 8.79. The van der Waals surface area contributed by atoms with Crippen molar-refractivity contribution in [3.05, 3.63) is 48.0 Å². The first-order valence-electron chi connectivity index (χ1n) is 5.83. The lowest BCUT2D eigenvalue weighted by Crippen LogP contribution is -1.99. The summed E-state index contributed by atoms with van der Waals surface area (Å²) >= 11 is 4.12. The van der Waals surface area contributed by atoms with Crippen LogP contribution < -0.4 is 0 Å². The van der Waals surface area contributed by atoms with Gasteiger partial charge in [-0.25, -0.2) is 9.07 Å². The fraction of sp³-hybridized carbons (Fsp3) is 0.286. The Kier molecular flexibility index (Phi) is 5.30. The van der Waals surface area contributed by atoms with Crippen LogP contribution in [0.4, 0.5) is 4.39 Å². The smallest absolute Gasteiger partial charge is 0.123 e. The minimum absolute atomic E-state index is 0.194. The fourth-order valence-electron chi connectivity index (χ4n) is 1.15. The predicted octanol–water partition coefficient (Wildman–Crippen LogP) is 3.72. The van der Waals surface area contributed by atoms with Gasteiger partial charge in [-0.15, -0.1) is 0 Å². The third-order valence-electron chi connectivity index (χ3n) is 1.86. The Morgan fingerprint density at radius 1 is 1.26 bits per heavy atom. The van der Waals surface area contributed by atoms with Gasteiger partial charge >= 0.3 is 0 Å². The molecule has 3 nitrogen and oxygen atoms in total. The zero-order valence-corrected chi connectivity index (χ0v) is 12.2. The molecular weight excluding hydrogens is 261 g/mol. The number of nitrogens with one attached hydrogen (secondary N) is 1. The molecule has 0 aliphatic carbocycles. The van der Waals surface area contributed by atoms with Gasteiger partial charge in [0.1, 0.15) is 5.82 Å². The highest BCUT2D eigenvalue weighted by molar-refractivity contribution is 7.81. The molecule has 102 valence electrons. The van der Waals surface area contributed by atoms with Crippen molar-refractivity contribution in [3.63, 3.8) is 0 Å². The number of aromatic nitrogens is 2. The molecule has 19 heavy (non-hydrogen) atoms. The van der Waals surface area contributed by atoms with Crippen molar-refractivity contribution in [1.82, 2.24) is 9.78 Å². The Bertz CT molecular complexity index is 520. The van der Waals surface area contributed by atoms with E-state index in [1.165, 1.54) is 18.3 Å². The van der Waals surface area contributed by atoms with Gasteiger partial charge in [-0.3, -0.25) is 0 Å². The van der Waals surface area contributed by atoms with Crippen molar-refractivity contribution in [1.29, 1.82) is 5.41 Å². The molecule has 0 fully saturated rings. The molecule has 0 saturated heterocycles. The number of thiol groups is 1. The zero-order valence-electron chi connectivity index (χ0n) is 11.3. The van der Waals surface area contributed by atoms with Gasteiger partial charge in [0.2, 0.25) is 0 Å². The number of nitrogens with zero attached hydrogens (tertiary/aromatic N) is 2. The van der Waals surface area contributed by atoms with Gasteiger partial charge in [0, 0.05) is 22.7 Å². The van der Waals surface area contributed by atoms with Crippen LogP contribution in [0.2, 0.25) is 0 Å². The van der Waals surface area contributed by atoms with E-state index < -0.39 is 0 Å². The van der Waals surface area contributed by atoms with E-state index in [9.17, 15) is 4.39 Å². The number of hydrogen-bond donors (Lipinski definition) is 2.